The first-order valence-corrected chi connectivity index (χ1v) is 6.11. The molecular weight excluding hydrogens is 239 g/mol. The van der Waals surface area contributed by atoms with Crippen LogP contribution in [0.4, 0.5) is 4.39 Å². The highest BCUT2D eigenvalue weighted by Crippen LogP contribution is 2.39. The molecule has 0 bridgehead atoms. The molecule has 4 heteroatoms. The standard InChI is InChI=1S/C13H9FO2S/c14-9-3-4-10-7(5-9)1-2-8-6-11(13(15)16)17-12(8)10/h3-6H,1-2H2,(H,15,16). The summed E-state index contributed by atoms with van der Waals surface area (Å²) in [5.41, 5.74) is 3.01. The number of thiophene rings is 1. The maximum absolute atomic E-state index is 13.1. The smallest absolute Gasteiger partial charge is 0.345 e. The van der Waals surface area contributed by atoms with E-state index in [-0.39, 0.29) is 5.82 Å². The zero-order chi connectivity index (χ0) is 12.0. The van der Waals surface area contributed by atoms with E-state index in [9.17, 15) is 9.18 Å². The van der Waals surface area contributed by atoms with Gasteiger partial charge in [-0.05, 0) is 47.7 Å². The van der Waals surface area contributed by atoms with Crippen molar-refractivity contribution in [1.29, 1.82) is 0 Å². The van der Waals surface area contributed by atoms with Gasteiger partial charge in [0.2, 0.25) is 0 Å². The van der Waals surface area contributed by atoms with Gasteiger partial charge in [-0.15, -0.1) is 11.3 Å². The van der Waals surface area contributed by atoms with Crippen LogP contribution >= 0.6 is 11.3 Å². The van der Waals surface area contributed by atoms with Crippen LogP contribution in [0.1, 0.15) is 20.8 Å². The number of aryl methyl sites for hydroxylation is 2. The molecule has 0 saturated carbocycles. The Balaban J connectivity index is 2.19. The average Bonchev–Trinajstić information content (AvgIpc) is 2.72. The number of rotatable bonds is 1. The van der Waals surface area contributed by atoms with E-state index in [0.29, 0.717) is 4.88 Å². The predicted molar refractivity (Wildman–Crippen MR) is 64.1 cm³/mol. The maximum atomic E-state index is 13.1. The van der Waals surface area contributed by atoms with Gasteiger partial charge in [0, 0.05) is 4.88 Å². The molecule has 1 aromatic carbocycles. The van der Waals surface area contributed by atoms with E-state index < -0.39 is 5.97 Å². The van der Waals surface area contributed by atoms with E-state index >= 15 is 0 Å². The monoisotopic (exact) mass is 248 g/mol. The minimum absolute atomic E-state index is 0.234. The van der Waals surface area contributed by atoms with Crippen LogP contribution in [0.2, 0.25) is 0 Å². The fourth-order valence-electron chi connectivity index (χ4n) is 2.21. The summed E-state index contributed by atoms with van der Waals surface area (Å²) in [6, 6.07) is 6.44. The molecule has 0 radical (unpaired) electrons. The minimum Gasteiger partial charge on any atom is -0.477 e. The third-order valence-corrected chi connectivity index (χ3v) is 4.19. The molecule has 0 saturated heterocycles. The summed E-state index contributed by atoms with van der Waals surface area (Å²) in [6.07, 6.45) is 1.56. The fourth-order valence-corrected chi connectivity index (χ4v) is 3.32. The predicted octanol–water partition coefficient (Wildman–Crippen LogP) is 3.35. The summed E-state index contributed by atoms with van der Waals surface area (Å²) in [5, 5.41) is 8.98. The van der Waals surface area contributed by atoms with Gasteiger partial charge in [0.25, 0.3) is 0 Å². The zero-order valence-electron chi connectivity index (χ0n) is 8.87. The Bertz CT molecular complexity index is 616. The van der Waals surface area contributed by atoms with Gasteiger partial charge >= 0.3 is 5.97 Å². The summed E-state index contributed by atoms with van der Waals surface area (Å²) >= 11 is 1.27. The lowest BCUT2D eigenvalue weighted by Gasteiger charge is -2.15. The first-order valence-electron chi connectivity index (χ1n) is 5.30. The van der Waals surface area contributed by atoms with Gasteiger partial charge < -0.3 is 5.11 Å². The molecule has 0 atom stereocenters. The molecule has 17 heavy (non-hydrogen) atoms. The van der Waals surface area contributed by atoms with Crippen molar-refractivity contribution in [2.45, 2.75) is 12.8 Å². The first-order chi connectivity index (χ1) is 8.15. The van der Waals surface area contributed by atoms with Crippen LogP contribution in [0.15, 0.2) is 24.3 Å². The van der Waals surface area contributed by atoms with Gasteiger partial charge in [-0.2, -0.15) is 0 Å². The number of hydrogen-bond acceptors (Lipinski definition) is 2. The van der Waals surface area contributed by atoms with Crippen LogP contribution in [0, 0.1) is 5.82 Å². The summed E-state index contributed by atoms with van der Waals surface area (Å²) in [7, 11) is 0. The van der Waals surface area contributed by atoms with Crippen LogP contribution in [-0.2, 0) is 12.8 Å². The van der Waals surface area contributed by atoms with Gasteiger partial charge in [-0.25, -0.2) is 9.18 Å². The Morgan fingerprint density at radius 1 is 1.24 bits per heavy atom. The first kappa shape index (κ1) is 10.5. The highest BCUT2D eigenvalue weighted by atomic mass is 32.1. The summed E-state index contributed by atoms with van der Waals surface area (Å²) in [5.74, 6) is -1.13. The van der Waals surface area contributed by atoms with E-state index in [1.165, 1.54) is 17.4 Å². The molecule has 0 fully saturated rings. The molecule has 1 aliphatic rings. The number of carboxylic acid groups (broad SMARTS) is 1. The Morgan fingerprint density at radius 2 is 2.00 bits per heavy atom. The van der Waals surface area contributed by atoms with Gasteiger partial charge in [0.05, 0.1) is 0 Å². The second-order valence-corrected chi connectivity index (χ2v) is 5.12. The molecule has 3 rings (SSSR count). The second-order valence-electron chi connectivity index (χ2n) is 4.07. The number of halogens is 1. The minimum atomic E-state index is -0.895. The van der Waals surface area contributed by atoms with Crippen LogP contribution in [0.3, 0.4) is 0 Å². The Hall–Kier alpha value is -1.68. The lowest BCUT2D eigenvalue weighted by molar-refractivity contribution is 0.0702. The molecule has 1 aromatic heterocycles. The Morgan fingerprint density at radius 3 is 2.76 bits per heavy atom. The van der Waals surface area contributed by atoms with Crippen molar-refractivity contribution in [2.75, 3.05) is 0 Å². The third-order valence-electron chi connectivity index (χ3n) is 3.00. The van der Waals surface area contributed by atoms with Crippen LogP contribution in [0.5, 0.6) is 0 Å². The topological polar surface area (TPSA) is 37.3 Å². The number of benzene rings is 1. The molecule has 86 valence electrons. The Labute approximate surface area is 101 Å². The largest absolute Gasteiger partial charge is 0.477 e. The van der Waals surface area contributed by atoms with Crippen molar-refractivity contribution in [2.24, 2.45) is 0 Å². The summed E-state index contributed by atoms with van der Waals surface area (Å²) in [6.45, 7) is 0. The molecule has 0 amide bonds. The van der Waals surface area contributed by atoms with Crippen LogP contribution in [-0.4, -0.2) is 11.1 Å². The molecule has 0 aliphatic heterocycles. The lowest BCUT2D eigenvalue weighted by atomic mass is 9.91. The molecule has 0 unspecified atom stereocenters. The zero-order valence-corrected chi connectivity index (χ0v) is 9.68. The summed E-state index contributed by atoms with van der Waals surface area (Å²) < 4.78 is 13.1. The molecule has 2 aromatic rings. The van der Waals surface area contributed by atoms with Crippen molar-refractivity contribution in [3.8, 4) is 10.4 Å². The average molecular weight is 248 g/mol. The van der Waals surface area contributed by atoms with E-state index in [2.05, 4.69) is 0 Å². The van der Waals surface area contributed by atoms with Gasteiger partial charge in [-0.3, -0.25) is 0 Å². The number of hydrogen-bond donors (Lipinski definition) is 1. The van der Waals surface area contributed by atoms with E-state index in [1.807, 2.05) is 0 Å². The maximum Gasteiger partial charge on any atom is 0.345 e. The molecule has 0 spiro atoms. The van der Waals surface area contributed by atoms with Crippen LogP contribution < -0.4 is 0 Å². The van der Waals surface area contributed by atoms with Crippen molar-refractivity contribution in [3.05, 3.63) is 46.1 Å². The van der Waals surface area contributed by atoms with E-state index in [0.717, 1.165) is 34.4 Å². The Kier molecular flexibility index (Phi) is 2.26. The quantitative estimate of drug-likeness (QED) is 0.840. The normalized spacial score (nSPS) is 13.0. The van der Waals surface area contributed by atoms with Crippen molar-refractivity contribution in [1.82, 2.24) is 0 Å². The van der Waals surface area contributed by atoms with Crippen molar-refractivity contribution >= 4 is 17.3 Å². The molecule has 2 nitrogen and oxygen atoms in total. The summed E-state index contributed by atoms with van der Waals surface area (Å²) in [4.78, 5) is 12.3. The third kappa shape index (κ3) is 1.65. The fraction of sp³-hybridized carbons (Fsp3) is 0.154. The molecule has 1 N–H and O–H groups in total. The lowest BCUT2D eigenvalue weighted by Crippen LogP contribution is -2.01. The van der Waals surface area contributed by atoms with Crippen molar-refractivity contribution in [3.63, 3.8) is 0 Å². The molecular formula is C13H9FO2S. The number of carboxylic acids is 1. The van der Waals surface area contributed by atoms with Crippen molar-refractivity contribution < 1.29 is 14.3 Å². The highest BCUT2D eigenvalue weighted by Gasteiger charge is 2.21. The van der Waals surface area contributed by atoms with E-state index in [4.69, 9.17) is 5.11 Å². The SMILES string of the molecule is O=C(O)c1cc2c(s1)-c1ccc(F)cc1CC2. The highest BCUT2D eigenvalue weighted by molar-refractivity contribution is 7.17. The van der Waals surface area contributed by atoms with Crippen LogP contribution in [0.25, 0.3) is 10.4 Å². The number of carbonyl (C=O) groups is 1. The molecule has 1 heterocycles. The number of fused-ring (bicyclic) bond motifs is 3. The van der Waals surface area contributed by atoms with Gasteiger partial charge in [-0.1, -0.05) is 6.07 Å². The second kappa shape index (κ2) is 3.67. The van der Waals surface area contributed by atoms with E-state index in [1.54, 1.807) is 18.2 Å². The van der Waals surface area contributed by atoms with Gasteiger partial charge in [0.15, 0.2) is 0 Å². The van der Waals surface area contributed by atoms with Gasteiger partial charge in [0.1, 0.15) is 10.7 Å². The molecule has 1 aliphatic carbocycles. The number of aromatic carboxylic acids is 1.